The fraction of sp³-hybridized carbons (Fsp3) is 0.118. The predicted octanol–water partition coefficient (Wildman–Crippen LogP) is 4.09. The number of aromatic nitrogens is 2. The number of rotatable bonds is 6. The zero-order valence-corrected chi connectivity index (χ0v) is 15.9. The molecule has 0 radical (unpaired) electrons. The Hall–Kier alpha value is -2.06. The van der Waals surface area contributed by atoms with Crippen LogP contribution in [0.25, 0.3) is 5.69 Å². The molecule has 3 rings (SSSR count). The van der Waals surface area contributed by atoms with Crippen LogP contribution >= 0.6 is 23.2 Å². The van der Waals surface area contributed by atoms with E-state index < -0.39 is 10.1 Å². The molecule has 0 saturated heterocycles. The second-order valence-electron chi connectivity index (χ2n) is 5.27. The van der Waals surface area contributed by atoms with Crippen LogP contribution in [0, 0.1) is 0 Å². The highest BCUT2D eigenvalue weighted by Gasteiger charge is 2.21. The molecule has 2 aromatic carbocycles. The predicted molar refractivity (Wildman–Crippen MR) is 98.6 cm³/mol. The first-order chi connectivity index (χ1) is 12.4. The van der Waals surface area contributed by atoms with Crippen molar-refractivity contribution < 1.29 is 17.3 Å². The van der Waals surface area contributed by atoms with Crippen LogP contribution < -0.4 is 4.18 Å². The molecule has 6 nitrogen and oxygen atoms in total. The van der Waals surface area contributed by atoms with E-state index in [0.717, 1.165) is 0 Å². The van der Waals surface area contributed by atoms with E-state index in [1.807, 2.05) is 0 Å². The smallest absolute Gasteiger partial charge is 0.340 e. The van der Waals surface area contributed by atoms with Crippen LogP contribution in [0.3, 0.4) is 0 Å². The van der Waals surface area contributed by atoms with E-state index in [4.69, 9.17) is 32.1 Å². The molecule has 0 aliphatic carbocycles. The van der Waals surface area contributed by atoms with Crippen LogP contribution in [0.2, 0.25) is 10.0 Å². The van der Waals surface area contributed by atoms with Crippen molar-refractivity contribution >= 4 is 33.3 Å². The highest BCUT2D eigenvalue weighted by Crippen LogP contribution is 2.28. The summed E-state index contributed by atoms with van der Waals surface area (Å²) < 4.78 is 36.8. The lowest BCUT2D eigenvalue weighted by Gasteiger charge is -2.10. The number of hydrogen-bond acceptors (Lipinski definition) is 5. The van der Waals surface area contributed by atoms with Crippen LogP contribution in [0.5, 0.6) is 5.88 Å². The topological polar surface area (TPSA) is 70.4 Å². The second-order valence-corrected chi connectivity index (χ2v) is 7.63. The van der Waals surface area contributed by atoms with Crippen molar-refractivity contribution in [3.05, 3.63) is 70.3 Å². The minimum atomic E-state index is -4.02. The number of hydrogen-bond donors (Lipinski definition) is 0. The zero-order chi connectivity index (χ0) is 18.7. The molecule has 0 saturated carbocycles. The molecule has 0 atom stereocenters. The van der Waals surface area contributed by atoms with Crippen molar-refractivity contribution in [2.75, 3.05) is 7.11 Å². The van der Waals surface area contributed by atoms with E-state index in [9.17, 15) is 8.42 Å². The zero-order valence-electron chi connectivity index (χ0n) is 13.6. The summed E-state index contributed by atoms with van der Waals surface area (Å²) in [5.41, 5.74) is 0.997. The number of benzene rings is 2. The van der Waals surface area contributed by atoms with E-state index >= 15 is 0 Å². The minimum absolute atomic E-state index is 0.0132. The van der Waals surface area contributed by atoms with Crippen molar-refractivity contribution in [2.45, 2.75) is 11.5 Å². The Bertz CT molecular complexity index is 1020. The van der Waals surface area contributed by atoms with Gasteiger partial charge in [0.1, 0.15) is 4.90 Å². The molecule has 3 aromatic rings. The monoisotopic (exact) mass is 412 g/mol. The lowest BCUT2D eigenvalue weighted by atomic mass is 10.3. The first-order valence-corrected chi connectivity index (χ1v) is 9.60. The molecule has 0 aliphatic rings. The molecule has 1 aromatic heterocycles. The highest BCUT2D eigenvalue weighted by molar-refractivity contribution is 7.87. The SMILES string of the molecule is COCc1cc(OS(=O)(=O)c2ccccc2)n(-c2ccc(Cl)c(Cl)c2)n1. The Balaban J connectivity index is 2.04. The molecule has 136 valence electrons. The standard InChI is InChI=1S/C17H14Cl2N2O4S/c1-24-11-12-9-17(25-26(22,23)14-5-3-2-4-6-14)21(20-12)13-7-8-15(18)16(19)10-13/h2-10H,11H2,1H3. The second kappa shape index (κ2) is 7.67. The number of methoxy groups -OCH3 is 1. The minimum Gasteiger partial charge on any atom is -0.378 e. The first kappa shape index (κ1) is 18.7. The number of ether oxygens (including phenoxy) is 1. The van der Waals surface area contributed by atoms with Gasteiger partial charge >= 0.3 is 10.1 Å². The normalized spacial score (nSPS) is 11.5. The Morgan fingerprint density at radius 2 is 1.77 bits per heavy atom. The van der Waals surface area contributed by atoms with Gasteiger partial charge in [0.2, 0.25) is 5.88 Å². The average molecular weight is 413 g/mol. The molecule has 0 bridgehead atoms. The third-order valence-electron chi connectivity index (χ3n) is 3.39. The van der Waals surface area contributed by atoms with Crippen molar-refractivity contribution in [3.8, 4) is 11.6 Å². The van der Waals surface area contributed by atoms with Crippen LogP contribution in [-0.4, -0.2) is 25.3 Å². The lowest BCUT2D eigenvalue weighted by molar-refractivity contribution is 0.181. The highest BCUT2D eigenvalue weighted by atomic mass is 35.5. The van der Waals surface area contributed by atoms with Gasteiger partial charge in [0.25, 0.3) is 0 Å². The first-order valence-electron chi connectivity index (χ1n) is 7.43. The van der Waals surface area contributed by atoms with Gasteiger partial charge in [-0.05, 0) is 30.3 Å². The van der Waals surface area contributed by atoms with Gasteiger partial charge in [0.15, 0.2) is 0 Å². The molecule has 0 unspecified atom stereocenters. The van der Waals surface area contributed by atoms with Gasteiger partial charge in [0, 0.05) is 13.2 Å². The molecule has 9 heteroatoms. The van der Waals surface area contributed by atoms with E-state index in [-0.39, 0.29) is 17.4 Å². The van der Waals surface area contributed by atoms with Crippen molar-refractivity contribution in [2.24, 2.45) is 0 Å². The van der Waals surface area contributed by atoms with E-state index in [0.29, 0.717) is 21.4 Å². The fourth-order valence-corrected chi connectivity index (χ4v) is 3.46. The van der Waals surface area contributed by atoms with E-state index in [1.54, 1.807) is 36.4 Å². The van der Waals surface area contributed by atoms with Gasteiger partial charge in [-0.25, -0.2) is 0 Å². The van der Waals surface area contributed by atoms with Gasteiger partial charge in [-0.15, -0.1) is 0 Å². The van der Waals surface area contributed by atoms with Crippen LogP contribution in [0.4, 0.5) is 0 Å². The third-order valence-corrected chi connectivity index (χ3v) is 5.37. The van der Waals surface area contributed by atoms with Crippen LogP contribution in [-0.2, 0) is 21.5 Å². The van der Waals surface area contributed by atoms with Gasteiger partial charge in [-0.2, -0.15) is 18.2 Å². The summed E-state index contributed by atoms with van der Waals surface area (Å²) in [6.07, 6.45) is 0. The summed E-state index contributed by atoms with van der Waals surface area (Å²) in [6.45, 7) is 0.191. The molecular weight excluding hydrogens is 399 g/mol. The Morgan fingerprint density at radius 3 is 2.42 bits per heavy atom. The van der Waals surface area contributed by atoms with Gasteiger partial charge in [0.05, 0.1) is 28.0 Å². The molecule has 0 N–H and O–H groups in total. The number of nitrogens with zero attached hydrogens (tertiary/aromatic N) is 2. The summed E-state index contributed by atoms with van der Waals surface area (Å²) in [5.74, 6) is 0.0132. The van der Waals surface area contributed by atoms with Gasteiger partial charge in [-0.3, -0.25) is 0 Å². The fourth-order valence-electron chi connectivity index (χ4n) is 2.24. The maximum Gasteiger partial charge on any atom is 0.340 e. The lowest BCUT2D eigenvalue weighted by Crippen LogP contribution is -2.12. The Morgan fingerprint density at radius 1 is 1.04 bits per heavy atom. The largest absolute Gasteiger partial charge is 0.378 e. The van der Waals surface area contributed by atoms with Crippen molar-refractivity contribution in [3.63, 3.8) is 0 Å². The Labute approximate surface area is 161 Å². The van der Waals surface area contributed by atoms with E-state index in [2.05, 4.69) is 5.10 Å². The molecular formula is C17H14Cl2N2O4S. The number of halogens is 2. The van der Waals surface area contributed by atoms with Gasteiger partial charge < -0.3 is 8.92 Å². The van der Waals surface area contributed by atoms with Crippen molar-refractivity contribution in [1.82, 2.24) is 9.78 Å². The molecule has 1 heterocycles. The maximum atomic E-state index is 12.5. The summed E-state index contributed by atoms with van der Waals surface area (Å²) in [6, 6.07) is 14.1. The molecule has 0 spiro atoms. The summed E-state index contributed by atoms with van der Waals surface area (Å²) >= 11 is 12.0. The summed E-state index contributed by atoms with van der Waals surface area (Å²) in [5, 5.41) is 5.00. The van der Waals surface area contributed by atoms with Gasteiger partial charge in [-0.1, -0.05) is 41.4 Å². The van der Waals surface area contributed by atoms with Crippen LogP contribution in [0.1, 0.15) is 5.69 Å². The maximum absolute atomic E-state index is 12.5. The Kier molecular flexibility index (Phi) is 5.52. The molecule has 0 fully saturated rings. The summed E-state index contributed by atoms with van der Waals surface area (Å²) in [4.78, 5) is 0.0372. The molecule has 0 aliphatic heterocycles. The molecule has 26 heavy (non-hydrogen) atoms. The van der Waals surface area contributed by atoms with E-state index in [1.165, 1.54) is 30.0 Å². The van der Waals surface area contributed by atoms with Crippen molar-refractivity contribution in [1.29, 1.82) is 0 Å². The average Bonchev–Trinajstić information content (AvgIpc) is 3.00. The quantitative estimate of drug-likeness (QED) is 0.570. The summed E-state index contributed by atoms with van der Waals surface area (Å²) in [7, 11) is -2.51. The van der Waals surface area contributed by atoms with Crippen LogP contribution in [0.15, 0.2) is 59.5 Å². The third kappa shape index (κ3) is 4.02. The molecule has 0 amide bonds.